The molecule has 8 nitrogen and oxygen atoms in total. The number of benzene rings is 1. The van der Waals surface area contributed by atoms with Crippen LogP contribution in [0.2, 0.25) is 0 Å². The van der Waals surface area contributed by atoms with Gasteiger partial charge in [-0.25, -0.2) is 17.7 Å². The summed E-state index contributed by atoms with van der Waals surface area (Å²) in [7, 11) is -0.550. The zero-order valence-electron chi connectivity index (χ0n) is 15.6. The zero-order chi connectivity index (χ0) is 19.5. The van der Waals surface area contributed by atoms with Gasteiger partial charge in [0.05, 0.1) is 29.0 Å². The molecular formula is C17H26N4O4S. The van der Waals surface area contributed by atoms with Crippen molar-refractivity contribution >= 4 is 27.0 Å². The van der Waals surface area contributed by atoms with E-state index >= 15 is 0 Å². The highest BCUT2D eigenvalue weighted by molar-refractivity contribution is 7.89. The monoisotopic (exact) mass is 382 g/mol. The SMILES string of the molecule is CCCN(CC(=O)O)Cc1nc2cc(S(=O)(=O)N(C)C)ccc2n1CC. The molecular weight excluding hydrogens is 356 g/mol. The molecule has 0 aliphatic heterocycles. The minimum absolute atomic E-state index is 0.0545. The molecule has 1 aromatic heterocycles. The number of aromatic nitrogens is 2. The van der Waals surface area contributed by atoms with Crippen molar-refractivity contribution in [2.24, 2.45) is 0 Å². The number of hydrogen-bond acceptors (Lipinski definition) is 5. The summed E-state index contributed by atoms with van der Waals surface area (Å²) in [6.07, 6.45) is 0.838. The van der Waals surface area contributed by atoms with E-state index in [1.54, 1.807) is 18.2 Å². The second-order valence-corrected chi connectivity index (χ2v) is 8.47. The number of aliphatic carboxylic acids is 1. The fourth-order valence-corrected chi connectivity index (χ4v) is 3.85. The molecule has 1 heterocycles. The first-order valence-electron chi connectivity index (χ1n) is 8.56. The number of carboxylic acid groups (broad SMARTS) is 1. The van der Waals surface area contributed by atoms with Gasteiger partial charge in [0.15, 0.2) is 0 Å². The van der Waals surface area contributed by atoms with Crippen molar-refractivity contribution in [1.82, 2.24) is 18.8 Å². The third kappa shape index (κ3) is 4.22. The van der Waals surface area contributed by atoms with E-state index in [2.05, 4.69) is 4.98 Å². The van der Waals surface area contributed by atoms with Gasteiger partial charge in [-0.3, -0.25) is 9.69 Å². The average Bonchev–Trinajstić information content (AvgIpc) is 2.90. The molecule has 0 fully saturated rings. The predicted molar refractivity (Wildman–Crippen MR) is 99.5 cm³/mol. The Morgan fingerprint density at radius 3 is 2.50 bits per heavy atom. The van der Waals surface area contributed by atoms with Gasteiger partial charge < -0.3 is 9.67 Å². The molecule has 0 spiro atoms. The molecule has 0 amide bonds. The van der Waals surface area contributed by atoms with E-state index in [-0.39, 0.29) is 11.4 Å². The number of imidazole rings is 1. The van der Waals surface area contributed by atoms with Crippen LogP contribution in [0.3, 0.4) is 0 Å². The highest BCUT2D eigenvalue weighted by Crippen LogP contribution is 2.23. The van der Waals surface area contributed by atoms with Crippen LogP contribution < -0.4 is 0 Å². The van der Waals surface area contributed by atoms with Crippen LogP contribution in [-0.2, 0) is 27.9 Å². The molecule has 0 radical (unpaired) electrons. The van der Waals surface area contributed by atoms with Gasteiger partial charge in [-0.05, 0) is 38.1 Å². The summed E-state index contributed by atoms with van der Waals surface area (Å²) in [5.74, 6) is -0.145. The van der Waals surface area contributed by atoms with Crippen molar-refractivity contribution < 1.29 is 18.3 Å². The molecule has 0 bridgehead atoms. The van der Waals surface area contributed by atoms with Crippen LogP contribution in [0.1, 0.15) is 26.1 Å². The van der Waals surface area contributed by atoms with Gasteiger partial charge in [0, 0.05) is 20.6 Å². The van der Waals surface area contributed by atoms with Gasteiger partial charge in [0.2, 0.25) is 10.0 Å². The van der Waals surface area contributed by atoms with Crippen molar-refractivity contribution in [1.29, 1.82) is 0 Å². The van der Waals surface area contributed by atoms with Crippen molar-refractivity contribution in [3.05, 3.63) is 24.0 Å². The molecule has 144 valence electrons. The topological polar surface area (TPSA) is 95.7 Å². The Bertz CT molecular complexity index is 890. The van der Waals surface area contributed by atoms with E-state index < -0.39 is 16.0 Å². The Kier molecular flexibility index (Phi) is 6.38. The van der Waals surface area contributed by atoms with Gasteiger partial charge in [-0.1, -0.05) is 6.92 Å². The third-order valence-corrected chi connectivity index (χ3v) is 5.97. The highest BCUT2D eigenvalue weighted by atomic mass is 32.2. The standard InChI is InChI=1S/C17H26N4O4S/c1-5-9-20(12-17(22)23)11-16-18-14-10-13(26(24,25)19(3)4)7-8-15(14)21(16)6-2/h7-8,10H,5-6,9,11-12H2,1-4H3,(H,22,23). The highest BCUT2D eigenvalue weighted by Gasteiger charge is 2.20. The normalized spacial score (nSPS) is 12.4. The maximum atomic E-state index is 12.3. The molecule has 1 N–H and O–H groups in total. The number of carbonyl (C=O) groups is 1. The number of nitrogens with zero attached hydrogens (tertiary/aromatic N) is 4. The summed E-state index contributed by atoms with van der Waals surface area (Å²) in [5, 5.41) is 9.09. The van der Waals surface area contributed by atoms with E-state index in [0.717, 1.165) is 17.8 Å². The van der Waals surface area contributed by atoms with E-state index in [1.807, 2.05) is 23.3 Å². The first-order chi connectivity index (χ1) is 12.2. The van der Waals surface area contributed by atoms with E-state index in [9.17, 15) is 13.2 Å². The molecule has 9 heteroatoms. The largest absolute Gasteiger partial charge is 0.480 e. The molecule has 0 saturated heterocycles. The summed E-state index contributed by atoms with van der Waals surface area (Å²) in [5.41, 5.74) is 1.43. The molecule has 0 aliphatic rings. The van der Waals surface area contributed by atoms with Crippen molar-refractivity contribution in [2.75, 3.05) is 27.2 Å². The Balaban J connectivity index is 2.46. The summed E-state index contributed by atoms with van der Waals surface area (Å²) < 4.78 is 27.8. The fourth-order valence-electron chi connectivity index (χ4n) is 2.93. The Hall–Kier alpha value is -1.97. The molecule has 1 aromatic carbocycles. The number of rotatable bonds is 9. The smallest absolute Gasteiger partial charge is 0.317 e. The summed E-state index contributed by atoms with van der Waals surface area (Å²) >= 11 is 0. The second kappa shape index (κ2) is 8.15. The summed E-state index contributed by atoms with van der Waals surface area (Å²) in [6.45, 7) is 5.64. The van der Waals surface area contributed by atoms with Crippen LogP contribution in [0.4, 0.5) is 0 Å². The third-order valence-electron chi connectivity index (χ3n) is 4.16. The van der Waals surface area contributed by atoms with Crippen LogP contribution in [0.25, 0.3) is 11.0 Å². The lowest BCUT2D eigenvalue weighted by Gasteiger charge is -2.19. The molecule has 2 aromatic rings. The van der Waals surface area contributed by atoms with Gasteiger partial charge >= 0.3 is 5.97 Å². The van der Waals surface area contributed by atoms with Crippen molar-refractivity contribution in [2.45, 2.75) is 38.3 Å². The lowest BCUT2D eigenvalue weighted by molar-refractivity contribution is -0.138. The van der Waals surface area contributed by atoms with E-state index in [0.29, 0.717) is 25.2 Å². The zero-order valence-corrected chi connectivity index (χ0v) is 16.5. The average molecular weight is 382 g/mol. The van der Waals surface area contributed by atoms with Crippen molar-refractivity contribution in [3.8, 4) is 0 Å². The molecule has 2 rings (SSSR count). The number of sulfonamides is 1. The second-order valence-electron chi connectivity index (χ2n) is 6.31. The minimum atomic E-state index is -3.53. The molecule has 0 atom stereocenters. The van der Waals surface area contributed by atoms with Crippen LogP contribution in [-0.4, -0.2) is 65.4 Å². The molecule has 0 saturated carbocycles. The Labute approximate surface area is 154 Å². The number of fused-ring (bicyclic) bond motifs is 1. The van der Waals surface area contributed by atoms with Crippen LogP contribution in [0.5, 0.6) is 0 Å². The maximum Gasteiger partial charge on any atom is 0.317 e. The van der Waals surface area contributed by atoms with Crippen LogP contribution >= 0.6 is 0 Å². The lowest BCUT2D eigenvalue weighted by atomic mass is 10.3. The summed E-state index contributed by atoms with van der Waals surface area (Å²) in [4.78, 5) is 17.7. The van der Waals surface area contributed by atoms with Gasteiger partial charge in [0.1, 0.15) is 5.82 Å². The number of hydrogen-bond donors (Lipinski definition) is 1. The first-order valence-corrected chi connectivity index (χ1v) is 10.0. The van der Waals surface area contributed by atoms with Gasteiger partial charge in [-0.2, -0.15) is 0 Å². The predicted octanol–water partition coefficient (Wildman–Crippen LogP) is 1.60. The Morgan fingerprint density at radius 1 is 1.27 bits per heavy atom. The van der Waals surface area contributed by atoms with Crippen LogP contribution in [0.15, 0.2) is 23.1 Å². The van der Waals surface area contributed by atoms with Crippen molar-refractivity contribution in [3.63, 3.8) is 0 Å². The van der Waals surface area contributed by atoms with Gasteiger partial charge in [-0.15, -0.1) is 0 Å². The molecule has 0 aliphatic carbocycles. The molecule has 26 heavy (non-hydrogen) atoms. The minimum Gasteiger partial charge on any atom is -0.480 e. The summed E-state index contributed by atoms with van der Waals surface area (Å²) in [6, 6.07) is 4.91. The van der Waals surface area contributed by atoms with Gasteiger partial charge in [0.25, 0.3) is 0 Å². The maximum absolute atomic E-state index is 12.3. The number of carboxylic acids is 1. The number of aryl methyl sites for hydroxylation is 1. The quantitative estimate of drug-likeness (QED) is 0.708. The first kappa shape index (κ1) is 20.3. The Morgan fingerprint density at radius 2 is 1.96 bits per heavy atom. The molecule has 0 unspecified atom stereocenters. The van der Waals surface area contributed by atoms with E-state index in [4.69, 9.17) is 5.11 Å². The lowest BCUT2D eigenvalue weighted by Crippen LogP contribution is -2.31. The fraction of sp³-hybridized carbons (Fsp3) is 0.529. The van der Waals surface area contributed by atoms with Crippen LogP contribution in [0, 0.1) is 0 Å². The van der Waals surface area contributed by atoms with E-state index in [1.165, 1.54) is 18.4 Å².